The molecule has 0 aliphatic carbocycles. The number of methoxy groups -OCH3 is 1. The van der Waals surface area contributed by atoms with E-state index in [4.69, 9.17) is 9.47 Å². The first kappa shape index (κ1) is 15.0. The molecule has 1 amide bonds. The summed E-state index contributed by atoms with van der Waals surface area (Å²) in [4.78, 5) is 27.5. The van der Waals surface area contributed by atoms with Crippen LogP contribution in [0.25, 0.3) is 0 Å². The smallest absolute Gasteiger partial charge is 0.367 e. The Bertz CT molecular complexity index is 654. The van der Waals surface area contributed by atoms with Crippen LogP contribution >= 0.6 is 11.3 Å². The molecule has 0 bridgehead atoms. The minimum absolute atomic E-state index is 0.160. The minimum atomic E-state index is -0.525. The first-order valence-electron chi connectivity index (χ1n) is 6.22. The highest BCUT2D eigenvalue weighted by Crippen LogP contribution is 2.18. The lowest BCUT2D eigenvalue weighted by atomic mass is 10.3. The zero-order valence-electron chi connectivity index (χ0n) is 11.6. The van der Waals surface area contributed by atoms with Crippen LogP contribution in [0.5, 0.6) is 5.75 Å². The number of hydrogen-bond donors (Lipinski definition) is 1. The number of anilines is 1. The van der Waals surface area contributed by atoms with Gasteiger partial charge in [0.05, 0.1) is 13.7 Å². The van der Waals surface area contributed by atoms with Crippen molar-refractivity contribution in [1.82, 2.24) is 4.98 Å². The number of esters is 1. The van der Waals surface area contributed by atoms with Gasteiger partial charge in [-0.05, 0) is 19.1 Å². The fraction of sp³-hybridized carbons (Fsp3) is 0.214. The molecule has 1 N–H and O–H groups in total. The van der Waals surface area contributed by atoms with Crippen molar-refractivity contribution in [2.75, 3.05) is 19.0 Å². The van der Waals surface area contributed by atoms with E-state index in [0.717, 1.165) is 11.3 Å². The van der Waals surface area contributed by atoms with Crippen molar-refractivity contribution >= 4 is 28.9 Å². The Kier molecular flexibility index (Phi) is 4.89. The zero-order valence-corrected chi connectivity index (χ0v) is 12.4. The van der Waals surface area contributed by atoms with Crippen LogP contribution in [0.4, 0.5) is 5.69 Å². The topological polar surface area (TPSA) is 77.5 Å². The van der Waals surface area contributed by atoms with E-state index in [1.165, 1.54) is 5.38 Å². The summed E-state index contributed by atoms with van der Waals surface area (Å²) in [5, 5.41) is 4.37. The highest BCUT2D eigenvalue weighted by molar-refractivity contribution is 7.11. The highest BCUT2D eigenvalue weighted by Gasteiger charge is 2.16. The van der Waals surface area contributed by atoms with Crippen molar-refractivity contribution in [3.05, 3.63) is 40.3 Å². The van der Waals surface area contributed by atoms with E-state index in [1.54, 1.807) is 38.3 Å². The molecule has 1 aromatic carbocycles. The average Bonchev–Trinajstić information content (AvgIpc) is 2.98. The van der Waals surface area contributed by atoms with Gasteiger partial charge in [0.2, 0.25) is 5.01 Å². The maximum Gasteiger partial charge on any atom is 0.367 e. The number of amides is 1. The molecule has 6 nitrogen and oxygen atoms in total. The van der Waals surface area contributed by atoms with Crippen molar-refractivity contribution in [3.63, 3.8) is 0 Å². The summed E-state index contributed by atoms with van der Waals surface area (Å²) >= 11 is 1.07. The van der Waals surface area contributed by atoms with Crippen LogP contribution < -0.4 is 10.1 Å². The van der Waals surface area contributed by atoms with E-state index in [2.05, 4.69) is 10.3 Å². The SMILES string of the molecule is CCOC(=O)c1nc(C(=O)Nc2cccc(OC)c2)cs1. The number of ether oxygens (including phenoxy) is 2. The Morgan fingerprint density at radius 2 is 2.19 bits per heavy atom. The molecule has 110 valence electrons. The van der Waals surface area contributed by atoms with Gasteiger partial charge in [-0.1, -0.05) is 6.07 Å². The quantitative estimate of drug-likeness (QED) is 0.859. The molecular formula is C14H14N2O4S. The number of nitrogens with one attached hydrogen (secondary N) is 1. The third kappa shape index (κ3) is 3.79. The first-order valence-corrected chi connectivity index (χ1v) is 7.10. The molecule has 0 saturated heterocycles. The lowest BCUT2D eigenvalue weighted by Crippen LogP contribution is -2.13. The largest absolute Gasteiger partial charge is 0.497 e. The van der Waals surface area contributed by atoms with Crippen LogP contribution in [0.2, 0.25) is 0 Å². The molecule has 0 aliphatic heterocycles. The van der Waals surface area contributed by atoms with Crippen LogP contribution in [0, 0.1) is 0 Å². The van der Waals surface area contributed by atoms with Gasteiger partial charge in [-0.15, -0.1) is 11.3 Å². The summed E-state index contributed by atoms with van der Waals surface area (Å²) in [5.74, 6) is -0.281. The number of rotatable bonds is 5. The molecule has 1 heterocycles. The van der Waals surface area contributed by atoms with Gasteiger partial charge in [-0.3, -0.25) is 4.79 Å². The van der Waals surface area contributed by atoms with Crippen LogP contribution in [-0.4, -0.2) is 30.6 Å². The average molecular weight is 306 g/mol. The van der Waals surface area contributed by atoms with E-state index in [1.807, 2.05) is 0 Å². The number of carbonyl (C=O) groups is 2. The van der Waals surface area contributed by atoms with Crippen LogP contribution in [0.1, 0.15) is 27.2 Å². The van der Waals surface area contributed by atoms with Crippen molar-refractivity contribution in [2.24, 2.45) is 0 Å². The predicted octanol–water partition coefficient (Wildman–Crippen LogP) is 2.58. The standard InChI is InChI=1S/C14H14N2O4S/c1-3-20-14(18)13-16-11(8-21-13)12(17)15-9-5-4-6-10(7-9)19-2/h4-8H,3H2,1-2H3,(H,15,17). The highest BCUT2D eigenvalue weighted by atomic mass is 32.1. The number of aromatic nitrogens is 1. The second-order valence-corrected chi connectivity index (χ2v) is 4.80. The molecular weight excluding hydrogens is 292 g/mol. The molecule has 2 aromatic rings. The molecule has 0 spiro atoms. The van der Waals surface area contributed by atoms with Crippen molar-refractivity contribution < 1.29 is 19.1 Å². The third-order valence-electron chi connectivity index (χ3n) is 2.51. The van der Waals surface area contributed by atoms with Crippen LogP contribution in [-0.2, 0) is 4.74 Å². The Labute approximate surface area is 125 Å². The van der Waals surface area contributed by atoms with Crippen LogP contribution in [0.3, 0.4) is 0 Å². The predicted molar refractivity (Wildman–Crippen MR) is 79.0 cm³/mol. The minimum Gasteiger partial charge on any atom is -0.497 e. The lowest BCUT2D eigenvalue weighted by molar-refractivity contribution is 0.0526. The van der Waals surface area contributed by atoms with Gasteiger partial charge < -0.3 is 14.8 Å². The Balaban J connectivity index is 2.08. The Morgan fingerprint density at radius 3 is 2.90 bits per heavy atom. The van der Waals surface area contributed by atoms with Gasteiger partial charge >= 0.3 is 5.97 Å². The van der Waals surface area contributed by atoms with Crippen molar-refractivity contribution in [3.8, 4) is 5.75 Å². The summed E-state index contributed by atoms with van der Waals surface area (Å²) in [6, 6.07) is 6.96. The number of benzene rings is 1. The van der Waals surface area contributed by atoms with E-state index in [-0.39, 0.29) is 17.3 Å². The van der Waals surface area contributed by atoms with Crippen molar-refractivity contribution in [1.29, 1.82) is 0 Å². The van der Waals surface area contributed by atoms with Gasteiger partial charge in [-0.25, -0.2) is 9.78 Å². The van der Waals surface area contributed by atoms with E-state index in [0.29, 0.717) is 11.4 Å². The number of hydrogen-bond acceptors (Lipinski definition) is 6. The molecule has 21 heavy (non-hydrogen) atoms. The lowest BCUT2D eigenvalue weighted by Gasteiger charge is -2.05. The maximum atomic E-state index is 12.0. The summed E-state index contributed by atoms with van der Waals surface area (Å²) in [6.07, 6.45) is 0. The number of nitrogens with zero attached hydrogens (tertiary/aromatic N) is 1. The molecule has 7 heteroatoms. The van der Waals surface area contributed by atoms with Crippen molar-refractivity contribution in [2.45, 2.75) is 6.92 Å². The zero-order chi connectivity index (χ0) is 15.2. The van der Waals surface area contributed by atoms with Gasteiger partial charge in [0, 0.05) is 17.1 Å². The molecule has 0 aliphatic rings. The van der Waals surface area contributed by atoms with E-state index >= 15 is 0 Å². The number of carbonyl (C=O) groups excluding carboxylic acids is 2. The van der Waals surface area contributed by atoms with E-state index < -0.39 is 11.9 Å². The van der Waals surface area contributed by atoms with E-state index in [9.17, 15) is 9.59 Å². The fourth-order valence-electron chi connectivity index (χ4n) is 1.56. The molecule has 1 aromatic heterocycles. The van der Waals surface area contributed by atoms with Crippen LogP contribution in [0.15, 0.2) is 29.6 Å². The summed E-state index contributed by atoms with van der Waals surface area (Å²) in [6.45, 7) is 1.98. The number of thiazole rings is 1. The molecule has 0 saturated carbocycles. The normalized spacial score (nSPS) is 10.0. The second-order valence-electron chi connectivity index (χ2n) is 3.94. The third-order valence-corrected chi connectivity index (χ3v) is 3.34. The van der Waals surface area contributed by atoms with Gasteiger partial charge in [0.15, 0.2) is 0 Å². The van der Waals surface area contributed by atoms with Gasteiger partial charge in [0.25, 0.3) is 5.91 Å². The van der Waals surface area contributed by atoms with Gasteiger partial charge in [0.1, 0.15) is 11.4 Å². The monoisotopic (exact) mass is 306 g/mol. The molecule has 0 unspecified atom stereocenters. The Morgan fingerprint density at radius 1 is 1.38 bits per heavy atom. The molecule has 0 fully saturated rings. The first-order chi connectivity index (χ1) is 10.1. The molecule has 0 radical (unpaired) electrons. The Hall–Kier alpha value is -2.41. The summed E-state index contributed by atoms with van der Waals surface area (Å²) in [5.41, 5.74) is 0.760. The molecule has 0 atom stereocenters. The maximum absolute atomic E-state index is 12.0. The summed E-state index contributed by atoms with van der Waals surface area (Å²) < 4.78 is 9.91. The second kappa shape index (κ2) is 6.85. The van der Waals surface area contributed by atoms with Gasteiger partial charge in [-0.2, -0.15) is 0 Å². The molecule has 2 rings (SSSR count). The summed E-state index contributed by atoms with van der Waals surface area (Å²) in [7, 11) is 1.55. The fourth-order valence-corrected chi connectivity index (χ4v) is 2.25.